The van der Waals surface area contributed by atoms with Gasteiger partial charge in [0, 0.05) is 22.6 Å². The monoisotopic (exact) mass is 362 g/mol. The van der Waals surface area contributed by atoms with E-state index in [0.717, 1.165) is 14.7 Å². The van der Waals surface area contributed by atoms with Gasteiger partial charge in [0.2, 0.25) is 5.78 Å². The average molecular weight is 363 g/mol. The number of nitrogens with zero attached hydrogens (tertiary/aromatic N) is 2. The number of hydrogen-bond donors (Lipinski definition) is 0. The topological polar surface area (TPSA) is 84.0 Å². The molecule has 5 nitrogen and oxygen atoms in total. The van der Waals surface area contributed by atoms with Gasteiger partial charge < -0.3 is 0 Å². The first kappa shape index (κ1) is 15.1. The van der Waals surface area contributed by atoms with Crippen molar-refractivity contribution < 1.29 is 9.72 Å². The number of benzene rings is 1. The standard InChI is InChI=1S/C14H7BrN2O3S/c15-13-5-4-12(21-13)7-10(8-16)14(18)9-2-1-3-11(6-9)17(19)20/h1-7H. The Morgan fingerprint density at radius 1 is 1.38 bits per heavy atom. The maximum Gasteiger partial charge on any atom is 0.270 e. The van der Waals surface area contributed by atoms with Gasteiger partial charge >= 0.3 is 0 Å². The van der Waals surface area contributed by atoms with Gasteiger partial charge in [0.15, 0.2) is 0 Å². The number of thiophene rings is 1. The molecule has 1 aromatic carbocycles. The molecule has 0 amide bonds. The highest BCUT2D eigenvalue weighted by Gasteiger charge is 2.15. The smallest absolute Gasteiger partial charge is 0.270 e. The number of ketones is 1. The maximum atomic E-state index is 12.2. The lowest BCUT2D eigenvalue weighted by atomic mass is 10.0. The summed E-state index contributed by atoms with van der Waals surface area (Å²) in [4.78, 5) is 23.1. The number of carbonyl (C=O) groups is 1. The molecule has 21 heavy (non-hydrogen) atoms. The Balaban J connectivity index is 2.37. The first-order chi connectivity index (χ1) is 10.0. The SMILES string of the molecule is N#CC(=Cc1ccc(Br)s1)C(=O)c1cccc([N+](=O)[O-])c1. The Morgan fingerprint density at radius 3 is 2.71 bits per heavy atom. The van der Waals surface area contributed by atoms with Crippen molar-refractivity contribution in [3.05, 3.63) is 66.3 Å². The summed E-state index contributed by atoms with van der Waals surface area (Å²) in [5.41, 5.74) is -0.130. The lowest BCUT2D eigenvalue weighted by molar-refractivity contribution is -0.384. The van der Waals surface area contributed by atoms with Gasteiger partial charge in [0.1, 0.15) is 11.6 Å². The Morgan fingerprint density at radius 2 is 2.14 bits per heavy atom. The van der Waals surface area contributed by atoms with E-state index in [2.05, 4.69) is 15.9 Å². The summed E-state index contributed by atoms with van der Waals surface area (Å²) in [5, 5.41) is 19.8. The van der Waals surface area contributed by atoms with Crippen LogP contribution in [-0.4, -0.2) is 10.7 Å². The molecule has 0 bridgehead atoms. The molecule has 104 valence electrons. The first-order valence-electron chi connectivity index (χ1n) is 5.67. The van der Waals surface area contributed by atoms with E-state index < -0.39 is 10.7 Å². The molecule has 0 saturated heterocycles. The minimum atomic E-state index is -0.580. The van der Waals surface area contributed by atoms with Crippen molar-refractivity contribution >= 4 is 44.8 Å². The van der Waals surface area contributed by atoms with Crippen molar-refractivity contribution in [3.8, 4) is 6.07 Å². The van der Waals surface area contributed by atoms with Gasteiger partial charge in [-0.15, -0.1) is 11.3 Å². The van der Waals surface area contributed by atoms with Crippen LogP contribution in [0, 0.1) is 21.4 Å². The fourth-order valence-corrected chi connectivity index (χ4v) is 2.98. The Kier molecular flexibility index (Phi) is 4.62. The van der Waals surface area contributed by atoms with E-state index in [4.69, 9.17) is 5.26 Å². The van der Waals surface area contributed by atoms with Crippen LogP contribution in [0.15, 0.2) is 45.8 Å². The van der Waals surface area contributed by atoms with Crippen LogP contribution in [0.1, 0.15) is 15.2 Å². The number of nitro benzene ring substituents is 1. The van der Waals surface area contributed by atoms with Gasteiger partial charge in [-0.3, -0.25) is 14.9 Å². The van der Waals surface area contributed by atoms with Crippen molar-refractivity contribution in [2.75, 3.05) is 0 Å². The molecule has 2 aromatic rings. The minimum Gasteiger partial charge on any atom is -0.288 e. The number of carbonyl (C=O) groups excluding carboxylic acids is 1. The zero-order chi connectivity index (χ0) is 15.4. The second-order valence-electron chi connectivity index (χ2n) is 3.95. The Bertz CT molecular complexity index is 790. The minimum absolute atomic E-state index is 0.0650. The van der Waals surface area contributed by atoms with Gasteiger partial charge in [-0.05, 0) is 34.1 Å². The van der Waals surface area contributed by atoms with Crippen molar-refractivity contribution in [1.29, 1.82) is 5.26 Å². The second kappa shape index (κ2) is 6.43. The number of Topliss-reactive ketones (excluding diaryl/α,β-unsaturated/α-hetero) is 1. The Labute approximate surface area is 132 Å². The van der Waals surface area contributed by atoms with Gasteiger partial charge in [-0.1, -0.05) is 12.1 Å². The summed E-state index contributed by atoms with van der Waals surface area (Å²) in [6.45, 7) is 0. The Hall–Kier alpha value is -2.30. The normalized spacial score (nSPS) is 11.0. The van der Waals surface area contributed by atoms with E-state index >= 15 is 0 Å². The average Bonchev–Trinajstić information content (AvgIpc) is 2.89. The van der Waals surface area contributed by atoms with Crippen molar-refractivity contribution in [1.82, 2.24) is 0 Å². The molecule has 0 aliphatic rings. The van der Waals surface area contributed by atoms with Crippen molar-refractivity contribution in [3.63, 3.8) is 0 Å². The van der Waals surface area contributed by atoms with Crippen LogP contribution in [0.4, 0.5) is 5.69 Å². The van der Waals surface area contributed by atoms with Crippen LogP contribution in [0.5, 0.6) is 0 Å². The van der Waals surface area contributed by atoms with Crippen LogP contribution in [-0.2, 0) is 0 Å². The largest absolute Gasteiger partial charge is 0.288 e. The molecule has 0 unspecified atom stereocenters. The summed E-state index contributed by atoms with van der Waals surface area (Å²) in [7, 11) is 0. The fraction of sp³-hybridized carbons (Fsp3) is 0. The van der Waals surface area contributed by atoms with E-state index in [0.29, 0.717) is 0 Å². The molecule has 0 aliphatic carbocycles. The molecule has 1 heterocycles. The third-order valence-electron chi connectivity index (χ3n) is 2.56. The lowest BCUT2D eigenvalue weighted by Gasteiger charge is -1.99. The van der Waals surface area contributed by atoms with Crippen LogP contribution >= 0.6 is 27.3 Å². The molecule has 0 saturated carbocycles. The number of rotatable bonds is 4. The highest BCUT2D eigenvalue weighted by atomic mass is 79.9. The number of halogens is 1. The van der Waals surface area contributed by atoms with E-state index in [9.17, 15) is 14.9 Å². The number of nitro groups is 1. The maximum absolute atomic E-state index is 12.2. The predicted octanol–water partition coefficient (Wildman–Crippen LogP) is 4.21. The van der Waals surface area contributed by atoms with Crippen LogP contribution < -0.4 is 0 Å². The van der Waals surface area contributed by atoms with Crippen molar-refractivity contribution in [2.45, 2.75) is 0 Å². The van der Waals surface area contributed by atoms with Crippen LogP contribution in [0.3, 0.4) is 0 Å². The molecule has 0 radical (unpaired) electrons. The van der Waals surface area contributed by atoms with Gasteiger partial charge in [0.05, 0.1) is 8.71 Å². The summed E-state index contributed by atoms with van der Waals surface area (Å²) in [6.07, 6.45) is 1.47. The molecule has 0 spiro atoms. The van der Waals surface area contributed by atoms with E-state index in [-0.39, 0.29) is 16.8 Å². The lowest BCUT2D eigenvalue weighted by Crippen LogP contribution is -2.02. The highest BCUT2D eigenvalue weighted by molar-refractivity contribution is 9.11. The molecule has 0 fully saturated rings. The van der Waals surface area contributed by atoms with Gasteiger partial charge in [-0.2, -0.15) is 5.26 Å². The van der Waals surface area contributed by atoms with E-state index in [1.807, 2.05) is 12.1 Å². The summed E-state index contributed by atoms with van der Waals surface area (Å²) in [5.74, 6) is -0.536. The first-order valence-corrected chi connectivity index (χ1v) is 7.28. The molecular formula is C14H7BrN2O3S. The molecule has 0 atom stereocenters. The number of non-ortho nitro benzene ring substituents is 1. The quantitative estimate of drug-likeness (QED) is 0.268. The van der Waals surface area contributed by atoms with Gasteiger partial charge in [0.25, 0.3) is 5.69 Å². The van der Waals surface area contributed by atoms with E-state index in [1.54, 1.807) is 6.07 Å². The third kappa shape index (κ3) is 3.62. The number of allylic oxidation sites excluding steroid dienone is 1. The number of nitriles is 1. The molecule has 0 N–H and O–H groups in total. The molecule has 7 heteroatoms. The van der Waals surface area contributed by atoms with Gasteiger partial charge in [-0.25, -0.2) is 0 Å². The zero-order valence-electron chi connectivity index (χ0n) is 10.4. The van der Waals surface area contributed by atoms with Crippen LogP contribution in [0.25, 0.3) is 6.08 Å². The molecule has 2 rings (SSSR count). The molecular weight excluding hydrogens is 356 g/mol. The second-order valence-corrected chi connectivity index (χ2v) is 6.44. The summed E-state index contributed by atoms with van der Waals surface area (Å²) < 4.78 is 0.883. The predicted molar refractivity (Wildman–Crippen MR) is 83.0 cm³/mol. The van der Waals surface area contributed by atoms with Crippen molar-refractivity contribution in [2.24, 2.45) is 0 Å². The fourth-order valence-electron chi connectivity index (χ4n) is 1.61. The third-order valence-corrected chi connectivity index (χ3v) is 4.14. The summed E-state index contributed by atoms with van der Waals surface area (Å²) >= 11 is 4.68. The molecule has 0 aliphatic heterocycles. The number of hydrogen-bond acceptors (Lipinski definition) is 5. The zero-order valence-corrected chi connectivity index (χ0v) is 12.8. The highest BCUT2D eigenvalue weighted by Crippen LogP contribution is 2.25. The van der Waals surface area contributed by atoms with Crippen LogP contribution in [0.2, 0.25) is 0 Å². The molecule has 1 aromatic heterocycles. The van der Waals surface area contributed by atoms with E-state index in [1.165, 1.54) is 35.6 Å². The summed E-state index contributed by atoms with van der Waals surface area (Å²) in [6, 6.07) is 10.7.